The van der Waals surface area contributed by atoms with Crippen LogP contribution in [0, 0.1) is 5.82 Å². The average molecular weight is 226 g/mol. The van der Waals surface area contributed by atoms with Gasteiger partial charge in [0.25, 0.3) is 0 Å². The molecule has 1 rings (SSSR count). The highest BCUT2D eigenvalue weighted by atomic mass is 32.2. The summed E-state index contributed by atoms with van der Waals surface area (Å²) in [5, 5.41) is 8.48. The van der Waals surface area contributed by atoms with E-state index >= 15 is 0 Å². The van der Waals surface area contributed by atoms with E-state index in [0.29, 0.717) is 16.2 Å². The number of thioether (sulfide) groups is 1. The van der Waals surface area contributed by atoms with Crippen molar-refractivity contribution >= 4 is 17.7 Å². The van der Waals surface area contributed by atoms with Gasteiger partial charge in [0, 0.05) is 16.7 Å². The van der Waals surface area contributed by atoms with Crippen molar-refractivity contribution in [1.29, 1.82) is 0 Å². The molecule has 1 aromatic rings. The van der Waals surface area contributed by atoms with E-state index in [-0.39, 0.29) is 5.82 Å². The summed E-state index contributed by atoms with van der Waals surface area (Å²) in [7, 11) is 0. The summed E-state index contributed by atoms with van der Waals surface area (Å²) in [6, 6.07) is 6.44. The van der Waals surface area contributed by atoms with Gasteiger partial charge in [0.1, 0.15) is 5.82 Å². The maximum Gasteiger partial charge on any atom is 0.328 e. The van der Waals surface area contributed by atoms with Gasteiger partial charge in [-0.3, -0.25) is 0 Å². The summed E-state index contributed by atoms with van der Waals surface area (Å²) in [6.07, 6.45) is 1.13. The van der Waals surface area contributed by atoms with Crippen LogP contribution in [0.2, 0.25) is 0 Å². The number of aliphatic carboxylic acids is 1. The fourth-order valence-corrected chi connectivity index (χ4v) is 1.85. The minimum atomic E-state index is -0.971. The summed E-state index contributed by atoms with van der Waals surface area (Å²) in [4.78, 5) is 10.9. The Morgan fingerprint density at radius 1 is 1.53 bits per heavy atom. The highest BCUT2D eigenvalue weighted by molar-refractivity contribution is 7.99. The maximum atomic E-state index is 13.1. The maximum absolute atomic E-state index is 13.1. The normalized spacial score (nSPS) is 11.5. The standard InChI is InChI=1S/C11H11FO2S/c1-8(6-11(13)14)7-15-10-5-3-2-4-9(10)12/h2-6H,7H2,1H3,(H,13,14). The molecule has 2 nitrogen and oxygen atoms in total. The Morgan fingerprint density at radius 2 is 2.20 bits per heavy atom. The monoisotopic (exact) mass is 226 g/mol. The first-order valence-electron chi connectivity index (χ1n) is 4.37. The first kappa shape index (κ1) is 11.8. The van der Waals surface area contributed by atoms with E-state index in [1.807, 2.05) is 0 Å². The second-order valence-corrected chi connectivity index (χ2v) is 4.07. The van der Waals surface area contributed by atoms with E-state index in [9.17, 15) is 9.18 Å². The Bertz CT molecular complexity index is 388. The zero-order chi connectivity index (χ0) is 11.3. The van der Waals surface area contributed by atoms with Gasteiger partial charge < -0.3 is 5.11 Å². The van der Waals surface area contributed by atoms with Crippen molar-refractivity contribution in [2.75, 3.05) is 5.75 Å². The van der Waals surface area contributed by atoms with Crippen molar-refractivity contribution in [3.05, 3.63) is 41.7 Å². The lowest BCUT2D eigenvalue weighted by molar-refractivity contribution is -0.131. The van der Waals surface area contributed by atoms with Crippen LogP contribution in [0.4, 0.5) is 4.39 Å². The van der Waals surface area contributed by atoms with Gasteiger partial charge in [0.2, 0.25) is 0 Å². The fraction of sp³-hybridized carbons (Fsp3) is 0.182. The predicted molar refractivity (Wildman–Crippen MR) is 58.5 cm³/mol. The third-order valence-electron chi connectivity index (χ3n) is 1.66. The molecular weight excluding hydrogens is 215 g/mol. The van der Waals surface area contributed by atoms with Crippen molar-refractivity contribution < 1.29 is 14.3 Å². The van der Waals surface area contributed by atoms with Crippen molar-refractivity contribution in [2.24, 2.45) is 0 Å². The van der Waals surface area contributed by atoms with Crippen molar-refractivity contribution in [3.63, 3.8) is 0 Å². The largest absolute Gasteiger partial charge is 0.478 e. The number of carboxylic acid groups (broad SMARTS) is 1. The molecule has 0 aliphatic rings. The SMILES string of the molecule is CC(=CC(=O)O)CSc1ccccc1F. The van der Waals surface area contributed by atoms with Gasteiger partial charge in [0.15, 0.2) is 0 Å². The van der Waals surface area contributed by atoms with Crippen molar-refractivity contribution in [3.8, 4) is 0 Å². The molecule has 4 heteroatoms. The summed E-state index contributed by atoms with van der Waals surface area (Å²) in [5.74, 6) is -0.764. The lowest BCUT2D eigenvalue weighted by Gasteiger charge is -2.02. The lowest BCUT2D eigenvalue weighted by Crippen LogP contribution is -1.92. The zero-order valence-corrected chi connectivity index (χ0v) is 9.05. The number of halogens is 1. The van der Waals surface area contributed by atoms with Crippen molar-refractivity contribution in [1.82, 2.24) is 0 Å². The second-order valence-electron chi connectivity index (χ2n) is 3.05. The molecule has 0 aliphatic carbocycles. The van der Waals surface area contributed by atoms with Gasteiger partial charge in [-0.15, -0.1) is 11.8 Å². The minimum absolute atomic E-state index is 0.273. The van der Waals surface area contributed by atoms with Gasteiger partial charge in [0.05, 0.1) is 0 Å². The Labute approximate surface area is 91.8 Å². The molecule has 0 radical (unpaired) electrons. The number of carboxylic acids is 1. The molecule has 0 atom stereocenters. The Kier molecular flexibility index (Phi) is 4.37. The molecule has 0 amide bonds. The molecule has 0 bridgehead atoms. The predicted octanol–water partition coefficient (Wildman–Crippen LogP) is 2.95. The van der Waals surface area contributed by atoms with E-state index in [1.54, 1.807) is 25.1 Å². The fourth-order valence-electron chi connectivity index (χ4n) is 1.01. The van der Waals surface area contributed by atoms with Crippen LogP contribution in [0.1, 0.15) is 6.92 Å². The third kappa shape index (κ3) is 4.16. The molecule has 0 fully saturated rings. The number of benzene rings is 1. The third-order valence-corrected chi connectivity index (χ3v) is 2.90. The lowest BCUT2D eigenvalue weighted by atomic mass is 10.3. The zero-order valence-electron chi connectivity index (χ0n) is 8.24. The van der Waals surface area contributed by atoms with Crippen LogP contribution in [-0.2, 0) is 4.79 Å². The quantitative estimate of drug-likeness (QED) is 0.633. The van der Waals surface area contributed by atoms with Crippen LogP contribution in [-0.4, -0.2) is 16.8 Å². The molecule has 0 aromatic heterocycles. The Morgan fingerprint density at radius 3 is 2.80 bits per heavy atom. The minimum Gasteiger partial charge on any atom is -0.478 e. The summed E-state index contributed by atoms with van der Waals surface area (Å²) >= 11 is 1.29. The van der Waals surface area contributed by atoms with Crippen LogP contribution in [0.15, 0.2) is 40.8 Å². The summed E-state index contributed by atoms with van der Waals surface area (Å²) in [5.41, 5.74) is 0.704. The van der Waals surface area contributed by atoms with Crippen LogP contribution >= 0.6 is 11.8 Å². The second kappa shape index (κ2) is 5.56. The smallest absolute Gasteiger partial charge is 0.328 e. The highest BCUT2D eigenvalue weighted by Crippen LogP contribution is 2.22. The van der Waals surface area contributed by atoms with Crippen LogP contribution in [0.3, 0.4) is 0 Å². The molecule has 0 aliphatic heterocycles. The van der Waals surface area contributed by atoms with Gasteiger partial charge in [-0.05, 0) is 19.1 Å². The molecule has 1 N–H and O–H groups in total. The number of carbonyl (C=O) groups is 1. The molecule has 0 spiro atoms. The molecular formula is C11H11FO2S. The van der Waals surface area contributed by atoms with E-state index in [4.69, 9.17) is 5.11 Å². The molecule has 0 heterocycles. The molecule has 0 saturated carbocycles. The first-order chi connectivity index (χ1) is 7.09. The number of hydrogen-bond acceptors (Lipinski definition) is 2. The molecule has 0 saturated heterocycles. The Balaban J connectivity index is 2.58. The van der Waals surface area contributed by atoms with Gasteiger partial charge in [-0.1, -0.05) is 17.7 Å². The number of hydrogen-bond donors (Lipinski definition) is 1. The molecule has 80 valence electrons. The van der Waals surface area contributed by atoms with E-state index in [0.717, 1.165) is 6.08 Å². The van der Waals surface area contributed by atoms with Crippen LogP contribution in [0.5, 0.6) is 0 Å². The van der Waals surface area contributed by atoms with Gasteiger partial charge in [-0.2, -0.15) is 0 Å². The van der Waals surface area contributed by atoms with Crippen molar-refractivity contribution in [2.45, 2.75) is 11.8 Å². The van der Waals surface area contributed by atoms with Gasteiger partial charge in [-0.25, -0.2) is 9.18 Å². The first-order valence-corrected chi connectivity index (χ1v) is 5.35. The van der Waals surface area contributed by atoms with Crippen LogP contribution < -0.4 is 0 Å². The summed E-state index contributed by atoms with van der Waals surface area (Å²) < 4.78 is 13.1. The summed E-state index contributed by atoms with van der Waals surface area (Å²) in [6.45, 7) is 1.71. The topological polar surface area (TPSA) is 37.3 Å². The molecule has 1 aromatic carbocycles. The molecule has 15 heavy (non-hydrogen) atoms. The highest BCUT2D eigenvalue weighted by Gasteiger charge is 2.02. The Hall–Kier alpha value is -1.29. The van der Waals surface area contributed by atoms with E-state index < -0.39 is 5.97 Å². The molecule has 0 unspecified atom stereocenters. The average Bonchev–Trinajstić information content (AvgIpc) is 2.15. The van der Waals surface area contributed by atoms with E-state index in [1.165, 1.54) is 17.8 Å². The van der Waals surface area contributed by atoms with Crippen LogP contribution in [0.25, 0.3) is 0 Å². The van der Waals surface area contributed by atoms with E-state index in [2.05, 4.69) is 0 Å². The number of rotatable bonds is 4. The van der Waals surface area contributed by atoms with Gasteiger partial charge >= 0.3 is 5.97 Å².